The Hall–Kier alpha value is -1.91. The number of anilines is 1. The maximum atomic E-state index is 13.0. The lowest BCUT2D eigenvalue weighted by molar-refractivity contribution is -0.114. The van der Waals surface area contributed by atoms with Gasteiger partial charge in [-0.25, -0.2) is 9.18 Å². The normalized spacial score (nSPS) is 9.53. The quantitative estimate of drug-likeness (QED) is 0.755. The maximum Gasteiger partial charge on any atom is 0.338 e. The molecule has 0 spiro atoms. The number of halogens is 1. The fraction of sp³-hybridized carbons (Fsp3) is 0.200. The van der Waals surface area contributed by atoms with Crippen LogP contribution >= 0.6 is 0 Å². The molecule has 15 heavy (non-hydrogen) atoms. The van der Waals surface area contributed by atoms with Crippen molar-refractivity contribution in [2.45, 2.75) is 6.92 Å². The number of ether oxygens (including phenoxy) is 1. The summed E-state index contributed by atoms with van der Waals surface area (Å²) in [6.45, 7) is 1.29. The van der Waals surface area contributed by atoms with Crippen molar-refractivity contribution in [3.05, 3.63) is 29.6 Å². The predicted molar refractivity (Wildman–Crippen MR) is 52.0 cm³/mol. The lowest BCUT2D eigenvalue weighted by Gasteiger charge is -2.04. The van der Waals surface area contributed by atoms with Gasteiger partial charge in [0.2, 0.25) is 5.91 Å². The lowest BCUT2D eigenvalue weighted by Crippen LogP contribution is -2.08. The van der Waals surface area contributed by atoms with Crippen LogP contribution < -0.4 is 5.32 Å². The molecule has 1 aromatic rings. The summed E-state index contributed by atoms with van der Waals surface area (Å²) < 4.78 is 17.4. The number of hydrogen-bond donors (Lipinski definition) is 1. The Kier molecular flexibility index (Phi) is 3.38. The molecule has 80 valence electrons. The number of esters is 1. The van der Waals surface area contributed by atoms with Gasteiger partial charge in [-0.2, -0.15) is 0 Å². The molecule has 0 saturated carbocycles. The Balaban J connectivity index is 3.04. The third kappa shape index (κ3) is 3.05. The minimum absolute atomic E-state index is 0.0567. The van der Waals surface area contributed by atoms with E-state index in [-0.39, 0.29) is 17.2 Å². The number of nitrogens with one attached hydrogen (secondary N) is 1. The van der Waals surface area contributed by atoms with E-state index in [1.165, 1.54) is 20.1 Å². The molecule has 5 heteroatoms. The molecule has 4 nitrogen and oxygen atoms in total. The second-order valence-corrected chi connectivity index (χ2v) is 2.90. The smallest absolute Gasteiger partial charge is 0.338 e. The maximum absolute atomic E-state index is 13.0. The van der Waals surface area contributed by atoms with Crippen LogP contribution in [0.5, 0.6) is 0 Å². The van der Waals surface area contributed by atoms with Crippen LogP contribution in [0.2, 0.25) is 0 Å². The molecule has 0 heterocycles. The molecular formula is C10H10FNO3. The zero-order valence-electron chi connectivity index (χ0n) is 8.33. The SMILES string of the molecule is COC(=O)c1cc(F)cc(NC(C)=O)c1. The number of rotatable bonds is 2. The Morgan fingerprint density at radius 2 is 2.00 bits per heavy atom. The number of carbonyl (C=O) groups is 2. The van der Waals surface area contributed by atoms with Gasteiger partial charge >= 0.3 is 5.97 Å². The summed E-state index contributed by atoms with van der Waals surface area (Å²) in [7, 11) is 1.20. The van der Waals surface area contributed by atoms with Gasteiger partial charge in [0.05, 0.1) is 12.7 Å². The van der Waals surface area contributed by atoms with Gasteiger partial charge in [0.1, 0.15) is 5.82 Å². The molecule has 0 bridgehead atoms. The molecule has 0 aliphatic rings. The number of benzene rings is 1. The largest absolute Gasteiger partial charge is 0.465 e. The standard InChI is InChI=1S/C10H10FNO3/c1-6(13)12-9-4-7(10(14)15-2)3-8(11)5-9/h3-5H,1-2H3,(H,12,13). The second-order valence-electron chi connectivity index (χ2n) is 2.90. The summed E-state index contributed by atoms with van der Waals surface area (Å²) in [5.41, 5.74) is 0.282. The van der Waals surface area contributed by atoms with Crippen LogP contribution in [0.1, 0.15) is 17.3 Å². The molecule has 0 saturated heterocycles. The molecule has 1 amide bonds. The van der Waals surface area contributed by atoms with Crippen molar-refractivity contribution in [2.24, 2.45) is 0 Å². The highest BCUT2D eigenvalue weighted by atomic mass is 19.1. The summed E-state index contributed by atoms with van der Waals surface area (Å²) in [5.74, 6) is -1.60. The van der Waals surface area contributed by atoms with Crippen molar-refractivity contribution in [1.82, 2.24) is 0 Å². The van der Waals surface area contributed by atoms with E-state index in [2.05, 4.69) is 10.1 Å². The molecule has 0 atom stereocenters. The molecule has 0 radical (unpaired) electrons. The Labute approximate surface area is 86.0 Å². The van der Waals surface area contributed by atoms with E-state index in [9.17, 15) is 14.0 Å². The molecule has 1 N–H and O–H groups in total. The fourth-order valence-electron chi connectivity index (χ4n) is 1.10. The summed E-state index contributed by atoms with van der Waals surface area (Å²) >= 11 is 0. The zero-order valence-corrected chi connectivity index (χ0v) is 8.33. The van der Waals surface area contributed by atoms with Crippen LogP contribution in [0, 0.1) is 5.82 Å². The molecule has 0 aliphatic carbocycles. The number of carbonyl (C=O) groups excluding carboxylic acids is 2. The highest BCUT2D eigenvalue weighted by molar-refractivity contribution is 5.93. The first-order chi connectivity index (χ1) is 7.02. The summed E-state index contributed by atoms with van der Waals surface area (Å²) in [6.07, 6.45) is 0. The van der Waals surface area contributed by atoms with E-state index in [0.29, 0.717) is 0 Å². The molecule has 0 unspecified atom stereocenters. The molecule has 0 aliphatic heterocycles. The van der Waals surface area contributed by atoms with Crippen LogP contribution in [0.25, 0.3) is 0 Å². The monoisotopic (exact) mass is 211 g/mol. The van der Waals surface area contributed by atoms with Crippen molar-refractivity contribution in [2.75, 3.05) is 12.4 Å². The van der Waals surface area contributed by atoms with Crippen molar-refractivity contribution in [1.29, 1.82) is 0 Å². The van der Waals surface area contributed by atoms with Crippen molar-refractivity contribution in [3.8, 4) is 0 Å². The van der Waals surface area contributed by atoms with Gasteiger partial charge in [-0.15, -0.1) is 0 Å². The topological polar surface area (TPSA) is 55.4 Å². The zero-order chi connectivity index (χ0) is 11.4. The lowest BCUT2D eigenvalue weighted by atomic mass is 10.2. The number of methoxy groups -OCH3 is 1. The Bertz CT molecular complexity index is 404. The van der Waals surface area contributed by atoms with E-state index in [1.807, 2.05) is 0 Å². The van der Waals surface area contributed by atoms with E-state index in [0.717, 1.165) is 12.1 Å². The molecule has 0 aromatic heterocycles. The van der Waals surface area contributed by atoms with Gasteiger partial charge in [0.25, 0.3) is 0 Å². The van der Waals surface area contributed by atoms with Crippen molar-refractivity contribution >= 4 is 17.6 Å². The minimum atomic E-state index is -0.652. The third-order valence-electron chi connectivity index (χ3n) is 1.64. The predicted octanol–water partition coefficient (Wildman–Crippen LogP) is 1.57. The molecular weight excluding hydrogens is 201 g/mol. The average molecular weight is 211 g/mol. The molecule has 1 aromatic carbocycles. The van der Waals surface area contributed by atoms with Crippen LogP contribution in [0.15, 0.2) is 18.2 Å². The van der Waals surface area contributed by atoms with Crippen LogP contribution in [0.4, 0.5) is 10.1 Å². The fourth-order valence-corrected chi connectivity index (χ4v) is 1.10. The summed E-state index contributed by atoms with van der Waals surface area (Å²) in [5, 5.41) is 2.38. The number of amides is 1. The van der Waals surface area contributed by atoms with Crippen LogP contribution in [-0.2, 0) is 9.53 Å². The second kappa shape index (κ2) is 4.54. The van der Waals surface area contributed by atoms with E-state index in [1.54, 1.807) is 0 Å². The Morgan fingerprint density at radius 1 is 1.33 bits per heavy atom. The first-order valence-corrected chi connectivity index (χ1v) is 4.19. The van der Waals surface area contributed by atoms with Crippen molar-refractivity contribution in [3.63, 3.8) is 0 Å². The third-order valence-corrected chi connectivity index (χ3v) is 1.64. The first-order valence-electron chi connectivity index (χ1n) is 4.19. The van der Waals surface area contributed by atoms with E-state index < -0.39 is 11.8 Å². The summed E-state index contributed by atoms with van der Waals surface area (Å²) in [4.78, 5) is 21.8. The molecule has 1 rings (SSSR count). The molecule has 0 fully saturated rings. The number of hydrogen-bond acceptors (Lipinski definition) is 3. The summed E-state index contributed by atoms with van der Waals surface area (Å²) in [6, 6.07) is 3.50. The van der Waals surface area contributed by atoms with Gasteiger partial charge in [0, 0.05) is 12.6 Å². The van der Waals surface area contributed by atoms with Crippen LogP contribution in [0.3, 0.4) is 0 Å². The van der Waals surface area contributed by atoms with Gasteiger partial charge < -0.3 is 10.1 Å². The van der Waals surface area contributed by atoms with Crippen molar-refractivity contribution < 1.29 is 18.7 Å². The van der Waals surface area contributed by atoms with Gasteiger partial charge in [-0.3, -0.25) is 4.79 Å². The first kappa shape index (κ1) is 11.2. The van der Waals surface area contributed by atoms with Gasteiger partial charge in [-0.1, -0.05) is 0 Å². The highest BCUT2D eigenvalue weighted by Crippen LogP contribution is 2.14. The van der Waals surface area contributed by atoms with E-state index >= 15 is 0 Å². The Morgan fingerprint density at radius 3 is 2.53 bits per heavy atom. The van der Waals surface area contributed by atoms with Crippen LogP contribution in [-0.4, -0.2) is 19.0 Å². The highest BCUT2D eigenvalue weighted by Gasteiger charge is 2.09. The van der Waals surface area contributed by atoms with E-state index in [4.69, 9.17) is 0 Å². The minimum Gasteiger partial charge on any atom is -0.465 e. The average Bonchev–Trinajstić information content (AvgIpc) is 2.14. The van der Waals surface area contributed by atoms with Gasteiger partial charge in [0.15, 0.2) is 0 Å². The van der Waals surface area contributed by atoms with Gasteiger partial charge in [-0.05, 0) is 18.2 Å².